The molecule has 0 unspecified atom stereocenters. The van der Waals surface area contributed by atoms with Crippen LogP contribution in [-0.4, -0.2) is 16.0 Å². The number of halogens is 2. The lowest BCUT2D eigenvalue weighted by molar-refractivity contribution is 0.0977. The molecule has 0 aliphatic heterocycles. The lowest BCUT2D eigenvalue weighted by Gasteiger charge is -2.13. The highest BCUT2D eigenvalue weighted by atomic mass is 35.5. The van der Waals surface area contributed by atoms with Crippen LogP contribution in [0, 0.1) is 12.7 Å². The van der Waals surface area contributed by atoms with E-state index in [-0.39, 0.29) is 5.11 Å². The first-order valence-corrected chi connectivity index (χ1v) is 9.73. The maximum absolute atomic E-state index is 13.0. The number of nitrogens with one attached hydrogen (secondary N) is 2. The molecule has 0 saturated heterocycles. The van der Waals surface area contributed by atoms with Crippen LogP contribution in [0.1, 0.15) is 15.9 Å². The lowest BCUT2D eigenvalue weighted by atomic mass is 10.1. The first kappa shape index (κ1) is 20.0. The zero-order chi connectivity index (χ0) is 21.3. The van der Waals surface area contributed by atoms with Crippen molar-refractivity contribution in [3.05, 3.63) is 82.6 Å². The van der Waals surface area contributed by atoms with Crippen LogP contribution in [-0.2, 0) is 0 Å². The fourth-order valence-electron chi connectivity index (χ4n) is 2.95. The first-order valence-electron chi connectivity index (χ1n) is 8.95. The first-order chi connectivity index (χ1) is 14.4. The smallest absolute Gasteiger partial charge is 0.257 e. The third-order valence-corrected chi connectivity index (χ3v) is 4.93. The summed E-state index contributed by atoms with van der Waals surface area (Å²) in [4.78, 5) is 16.8. The molecule has 0 aliphatic rings. The van der Waals surface area contributed by atoms with Gasteiger partial charge in [-0.05, 0) is 79.3 Å². The average molecular weight is 440 g/mol. The number of hydrogen-bond donors (Lipinski definition) is 2. The molecule has 30 heavy (non-hydrogen) atoms. The van der Waals surface area contributed by atoms with Gasteiger partial charge in [-0.25, -0.2) is 9.37 Å². The highest BCUT2D eigenvalue weighted by Gasteiger charge is 2.14. The molecule has 4 rings (SSSR count). The molecule has 1 heterocycles. The normalized spacial score (nSPS) is 10.8. The maximum Gasteiger partial charge on any atom is 0.257 e. The fourth-order valence-corrected chi connectivity index (χ4v) is 3.32. The van der Waals surface area contributed by atoms with E-state index in [0.717, 1.165) is 11.1 Å². The van der Waals surface area contributed by atoms with Crippen molar-refractivity contribution in [1.82, 2.24) is 10.3 Å². The summed E-state index contributed by atoms with van der Waals surface area (Å²) >= 11 is 11.3. The van der Waals surface area contributed by atoms with E-state index in [0.29, 0.717) is 33.3 Å². The molecule has 5 nitrogen and oxygen atoms in total. The van der Waals surface area contributed by atoms with Crippen LogP contribution in [0.15, 0.2) is 65.1 Å². The van der Waals surface area contributed by atoms with Gasteiger partial charge in [0.25, 0.3) is 5.91 Å². The minimum Gasteiger partial charge on any atom is -0.436 e. The van der Waals surface area contributed by atoms with Crippen molar-refractivity contribution in [3.63, 3.8) is 0 Å². The second-order valence-corrected chi connectivity index (χ2v) is 7.37. The summed E-state index contributed by atoms with van der Waals surface area (Å²) in [6.07, 6.45) is 0. The molecule has 150 valence electrons. The summed E-state index contributed by atoms with van der Waals surface area (Å²) in [5.41, 5.74) is 3.91. The predicted octanol–water partition coefficient (Wildman–Crippen LogP) is 5.72. The summed E-state index contributed by atoms with van der Waals surface area (Å²) < 4.78 is 18.9. The second kappa shape index (κ2) is 8.22. The Labute approximate surface area is 181 Å². The molecular formula is C22H15ClFN3O2S. The van der Waals surface area contributed by atoms with Crippen LogP contribution >= 0.6 is 23.8 Å². The van der Waals surface area contributed by atoms with Gasteiger partial charge in [0, 0.05) is 21.8 Å². The molecule has 0 radical (unpaired) electrons. The minimum atomic E-state index is -0.433. The standard InChI is InChI=1S/C22H15ClFN3O2S/c1-12-16(21-25-18-11-14(23)7-10-19(18)29-21)3-2-4-17(12)26-22(30)27-20(28)13-5-8-15(24)9-6-13/h2-11H,1H3,(H2,26,27,28,30). The van der Waals surface area contributed by atoms with Crippen LogP contribution in [0.4, 0.5) is 10.1 Å². The minimum absolute atomic E-state index is 0.119. The van der Waals surface area contributed by atoms with Crippen molar-refractivity contribution in [1.29, 1.82) is 0 Å². The number of carbonyl (C=O) groups is 1. The SMILES string of the molecule is Cc1c(NC(=S)NC(=O)c2ccc(F)cc2)cccc1-c1nc2cc(Cl)ccc2o1. The number of rotatable bonds is 3. The Morgan fingerprint density at radius 2 is 1.90 bits per heavy atom. The molecule has 0 spiro atoms. The zero-order valence-corrected chi connectivity index (χ0v) is 17.3. The Morgan fingerprint density at radius 1 is 1.13 bits per heavy atom. The van der Waals surface area contributed by atoms with Crippen LogP contribution in [0.25, 0.3) is 22.6 Å². The molecule has 2 N–H and O–H groups in total. The average Bonchev–Trinajstić information content (AvgIpc) is 3.12. The van der Waals surface area contributed by atoms with E-state index in [1.807, 2.05) is 25.1 Å². The number of hydrogen-bond acceptors (Lipinski definition) is 4. The Kier molecular flexibility index (Phi) is 5.48. The monoisotopic (exact) mass is 439 g/mol. The summed E-state index contributed by atoms with van der Waals surface area (Å²) in [5.74, 6) is -0.395. The quantitative estimate of drug-likeness (QED) is 0.399. The number of anilines is 1. The second-order valence-electron chi connectivity index (χ2n) is 6.52. The van der Waals surface area contributed by atoms with Gasteiger partial charge >= 0.3 is 0 Å². The van der Waals surface area contributed by atoms with Gasteiger partial charge < -0.3 is 9.73 Å². The van der Waals surface area contributed by atoms with Crippen molar-refractivity contribution in [2.45, 2.75) is 6.92 Å². The number of thiocarbonyl (C=S) groups is 1. The number of amides is 1. The van der Waals surface area contributed by atoms with Crippen LogP contribution in [0.2, 0.25) is 5.02 Å². The molecule has 0 saturated carbocycles. The number of fused-ring (bicyclic) bond motifs is 1. The predicted molar refractivity (Wildman–Crippen MR) is 119 cm³/mol. The highest BCUT2D eigenvalue weighted by Crippen LogP contribution is 2.31. The molecule has 0 bridgehead atoms. The third kappa shape index (κ3) is 4.17. The van der Waals surface area contributed by atoms with E-state index in [9.17, 15) is 9.18 Å². The number of benzene rings is 3. The number of aromatic nitrogens is 1. The van der Waals surface area contributed by atoms with Gasteiger partial charge in [-0.15, -0.1) is 0 Å². The zero-order valence-electron chi connectivity index (χ0n) is 15.7. The van der Waals surface area contributed by atoms with E-state index in [4.69, 9.17) is 28.2 Å². The van der Waals surface area contributed by atoms with E-state index in [2.05, 4.69) is 15.6 Å². The lowest BCUT2D eigenvalue weighted by Crippen LogP contribution is -2.34. The molecule has 0 fully saturated rings. The number of oxazole rings is 1. The van der Waals surface area contributed by atoms with Gasteiger partial charge in [0.05, 0.1) is 0 Å². The Hall–Kier alpha value is -3.29. The molecule has 1 aromatic heterocycles. The van der Waals surface area contributed by atoms with Crippen LogP contribution in [0.5, 0.6) is 0 Å². The van der Waals surface area contributed by atoms with Gasteiger partial charge in [0.1, 0.15) is 11.3 Å². The highest BCUT2D eigenvalue weighted by molar-refractivity contribution is 7.80. The van der Waals surface area contributed by atoms with Crippen LogP contribution in [0.3, 0.4) is 0 Å². The maximum atomic E-state index is 13.0. The van der Waals surface area contributed by atoms with Crippen molar-refractivity contribution in [2.75, 3.05) is 5.32 Å². The summed E-state index contributed by atoms with van der Waals surface area (Å²) in [5, 5.41) is 6.29. The molecular weight excluding hydrogens is 425 g/mol. The molecule has 0 aliphatic carbocycles. The summed E-state index contributed by atoms with van der Waals surface area (Å²) in [6, 6.07) is 16.0. The summed E-state index contributed by atoms with van der Waals surface area (Å²) in [6.45, 7) is 1.89. The number of carbonyl (C=O) groups excluding carboxylic acids is 1. The van der Waals surface area contributed by atoms with Crippen molar-refractivity contribution < 1.29 is 13.6 Å². The molecule has 8 heteroatoms. The van der Waals surface area contributed by atoms with Gasteiger partial charge in [-0.3, -0.25) is 10.1 Å². The van der Waals surface area contributed by atoms with Gasteiger partial charge in [-0.1, -0.05) is 17.7 Å². The third-order valence-electron chi connectivity index (χ3n) is 4.50. The Balaban J connectivity index is 1.54. The van der Waals surface area contributed by atoms with E-state index in [1.54, 1.807) is 18.2 Å². The summed E-state index contributed by atoms with van der Waals surface area (Å²) in [7, 11) is 0. The molecule has 0 atom stereocenters. The van der Waals surface area contributed by atoms with Crippen molar-refractivity contribution in [3.8, 4) is 11.5 Å². The van der Waals surface area contributed by atoms with Gasteiger partial charge in [0.2, 0.25) is 5.89 Å². The van der Waals surface area contributed by atoms with Gasteiger partial charge in [0.15, 0.2) is 10.7 Å². The van der Waals surface area contributed by atoms with E-state index < -0.39 is 11.7 Å². The number of nitrogens with zero attached hydrogens (tertiary/aromatic N) is 1. The molecule has 4 aromatic rings. The topological polar surface area (TPSA) is 67.2 Å². The van der Waals surface area contributed by atoms with Crippen molar-refractivity contribution in [2.24, 2.45) is 0 Å². The van der Waals surface area contributed by atoms with Crippen molar-refractivity contribution >= 4 is 51.6 Å². The largest absolute Gasteiger partial charge is 0.436 e. The van der Waals surface area contributed by atoms with Crippen LogP contribution < -0.4 is 10.6 Å². The molecule has 3 aromatic carbocycles. The van der Waals surface area contributed by atoms with Gasteiger partial charge in [-0.2, -0.15) is 0 Å². The van der Waals surface area contributed by atoms with E-state index >= 15 is 0 Å². The van der Waals surface area contributed by atoms with E-state index in [1.165, 1.54) is 24.3 Å². The molecule has 1 amide bonds. The fraction of sp³-hybridized carbons (Fsp3) is 0.0455. The Morgan fingerprint density at radius 3 is 2.67 bits per heavy atom. The Bertz CT molecular complexity index is 1270.